The highest BCUT2D eigenvalue weighted by atomic mass is 35.5. The molecular formula is C28H42ClN5O6. The van der Waals surface area contributed by atoms with E-state index < -0.39 is 0 Å². The number of ether oxygens (including phenoxy) is 5. The van der Waals surface area contributed by atoms with Gasteiger partial charge in [0.25, 0.3) is 0 Å². The number of aromatic nitrogens is 2. The maximum atomic E-state index is 12.4. The lowest BCUT2D eigenvalue weighted by molar-refractivity contribution is -0.00342. The highest BCUT2D eigenvalue weighted by Crippen LogP contribution is 2.19. The van der Waals surface area contributed by atoms with E-state index in [0.717, 1.165) is 31.4 Å². The number of aryl methyl sites for hydroxylation is 1. The van der Waals surface area contributed by atoms with Gasteiger partial charge in [-0.2, -0.15) is 0 Å². The first kappa shape index (κ1) is 33.4. The number of unbranched alkanes of at least 4 members (excludes halogenated alkanes) is 2. The number of Topliss-reactive ketones (excluding diaryl/α,β-unsaturated/α-hetero) is 1. The average molecular weight is 580 g/mol. The Hall–Kier alpha value is -2.83. The van der Waals surface area contributed by atoms with Gasteiger partial charge in [0, 0.05) is 12.3 Å². The molecule has 12 heteroatoms. The summed E-state index contributed by atoms with van der Waals surface area (Å²) in [5, 5.41) is 8.04. The zero-order valence-electron chi connectivity index (χ0n) is 23.3. The Balaban J connectivity index is 1.47. The number of ketones is 1. The third kappa shape index (κ3) is 14.0. The maximum Gasteiger partial charge on any atom is 0.190 e. The van der Waals surface area contributed by atoms with Crippen LogP contribution in [0.1, 0.15) is 55.1 Å². The molecule has 1 heterocycles. The Bertz CT molecular complexity index is 1020. The highest BCUT2D eigenvalue weighted by Gasteiger charge is 2.17. The minimum Gasteiger partial charge on any atom is -0.491 e. The van der Waals surface area contributed by atoms with Gasteiger partial charge in [-0.15, -0.1) is 0 Å². The number of nitrogens with two attached hydrogens (primary N) is 2. The lowest BCUT2D eigenvalue weighted by Gasteiger charge is -2.09. The van der Waals surface area contributed by atoms with Crippen LogP contribution in [-0.4, -0.2) is 80.9 Å². The first-order valence-electron chi connectivity index (χ1n) is 13.6. The number of hydrogen-bond donors (Lipinski definition) is 3. The van der Waals surface area contributed by atoms with Crippen molar-refractivity contribution in [3.63, 3.8) is 0 Å². The van der Waals surface area contributed by atoms with Crippen molar-refractivity contribution in [2.75, 3.05) is 70.9 Å². The molecule has 0 radical (unpaired) electrons. The third-order valence-electron chi connectivity index (χ3n) is 5.73. The smallest absolute Gasteiger partial charge is 0.190 e. The van der Waals surface area contributed by atoms with Crippen LogP contribution in [0.15, 0.2) is 24.3 Å². The van der Waals surface area contributed by atoms with Crippen molar-refractivity contribution < 1.29 is 28.5 Å². The molecule has 0 spiro atoms. The number of hydrogen-bond acceptors (Lipinski definition) is 11. The van der Waals surface area contributed by atoms with Gasteiger partial charge in [-0.1, -0.05) is 30.2 Å². The number of rotatable bonds is 23. The van der Waals surface area contributed by atoms with Gasteiger partial charge in [-0.3, -0.25) is 4.79 Å². The summed E-state index contributed by atoms with van der Waals surface area (Å²) in [5.74, 6) is 0.323. The highest BCUT2D eigenvalue weighted by molar-refractivity contribution is 6.31. The molecule has 0 saturated carbocycles. The van der Waals surface area contributed by atoms with Crippen molar-refractivity contribution in [2.45, 2.75) is 45.4 Å². The fourth-order valence-electron chi connectivity index (χ4n) is 3.63. The van der Waals surface area contributed by atoms with E-state index in [4.69, 9.17) is 52.2 Å². The molecule has 0 fully saturated rings. The van der Waals surface area contributed by atoms with E-state index in [1.807, 2.05) is 19.1 Å². The maximum absolute atomic E-state index is 12.4. The molecule has 222 valence electrons. The fourth-order valence-corrected chi connectivity index (χ4v) is 3.76. The van der Waals surface area contributed by atoms with E-state index in [1.54, 1.807) is 0 Å². The molecule has 0 aliphatic carbocycles. The number of carbonyl (C=O) groups is 1. The Morgan fingerprint density at radius 3 is 2.05 bits per heavy atom. The molecule has 0 amide bonds. The van der Waals surface area contributed by atoms with Crippen molar-refractivity contribution >= 4 is 34.7 Å². The van der Waals surface area contributed by atoms with Gasteiger partial charge < -0.3 is 40.6 Å². The van der Waals surface area contributed by atoms with E-state index >= 15 is 0 Å². The van der Waals surface area contributed by atoms with E-state index in [1.165, 1.54) is 5.56 Å². The van der Waals surface area contributed by atoms with E-state index in [9.17, 15) is 4.79 Å². The number of nitrogens with one attached hydrogen (secondary N) is 1. The number of nitrogen functional groups attached to an aromatic ring is 2. The Kier molecular flexibility index (Phi) is 16.8. The van der Waals surface area contributed by atoms with E-state index in [-0.39, 0.29) is 34.7 Å². The lowest BCUT2D eigenvalue weighted by Crippen LogP contribution is -2.14. The number of benzene rings is 1. The minimum absolute atomic E-state index is 0.0254. The van der Waals surface area contributed by atoms with Crippen LogP contribution in [0.2, 0.25) is 5.15 Å². The molecule has 40 heavy (non-hydrogen) atoms. The zero-order chi connectivity index (χ0) is 29.0. The quantitative estimate of drug-likeness (QED) is 0.0988. The van der Waals surface area contributed by atoms with Crippen LogP contribution in [0.25, 0.3) is 0 Å². The van der Waals surface area contributed by atoms with Crippen LogP contribution in [0.3, 0.4) is 0 Å². The summed E-state index contributed by atoms with van der Waals surface area (Å²) in [4.78, 5) is 20.1. The summed E-state index contributed by atoms with van der Waals surface area (Å²) in [6, 6.07) is 8.04. The topological polar surface area (TPSA) is 165 Å². The molecule has 11 nitrogen and oxygen atoms in total. The molecule has 0 saturated heterocycles. The van der Waals surface area contributed by atoms with Gasteiger partial charge in [0.15, 0.2) is 28.3 Å². The minimum atomic E-state index is -0.384. The lowest BCUT2D eigenvalue weighted by atomic mass is 10.0. The monoisotopic (exact) mass is 579 g/mol. The summed E-state index contributed by atoms with van der Waals surface area (Å²) >= 11 is 5.83. The van der Waals surface area contributed by atoms with Crippen LogP contribution in [0, 0.1) is 5.41 Å². The Morgan fingerprint density at radius 2 is 1.43 bits per heavy atom. The molecule has 2 rings (SSSR count). The number of nitrogens with zero attached hydrogens (tertiary/aromatic N) is 2. The molecule has 2 aromatic rings. The fraction of sp³-hybridized carbons (Fsp3) is 0.571. The first-order valence-corrected chi connectivity index (χ1v) is 14.0. The van der Waals surface area contributed by atoms with Gasteiger partial charge in [-0.05, 0) is 50.3 Å². The van der Waals surface area contributed by atoms with Crippen LogP contribution >= 0.6 is 11.6 Å². The average Bonchev–Trinajstić information content (AvgIpc) is 2.93. The van der Waals surface area contributed by atoms with Crippen molar-refractivity contribution in [3.8, 4) is 5.75 Å². The number of carbonyl (C=O) groups excluding carboxylic acids is 1. The second kappa shape index (κ2) is 20.1. The normalized spacial score (nSPS) is 11.1. The van der Waals surface area contributed by atoms with Gasteiger partial charge in [0.1, 0.15) is 12.4 Å². The van der Waals surface area contributed by atoms with Gasteiger partial charge in [0.2, 0.25) is 0 Å². The molecule has 0 unspecified atom stereocenters. The predicted octanol–water partition coefficient (Wildman–Crippen LogP) is 4.16. The van der Waals surface area contributed by atoms with Crippen LogP contribution in [0.4, 0.5) is 11.6 Å². The van der Waals surface area contributed by atoms with E-state index in [2.05, 4.69) is 22.1 Å². The molecule has 1 aromatic carbocycles. The number of halogens is 1. The zero-order valence-corrected chi connectivity index (χ0v) is 24.0. The standard InChI is InChI=1S/C28H42ClN5O6/c1-2-36-12-13-37-14-15-38-16-17-39-18-19-40-23-10-8-21(9-11-23)6-4-3-5-7-22(30)20-24(35)25-27(31)34-28(32)26(29)33-25/h8-11,30H,2-7,12-20H2,1H3,(H4,31,32,34). The van der Waals surface area contributed by atoms with Crippen LogP contribution in [0.5, 0.6) is 5.75 Å². The number of anilines is 2. The van der Waals surface area contributed by atoms with Crippen molar-refractivity contribution in [2.24, 2.45) is 0 Å². The Morgan fingerprint density at radius 1 is 0.825 bits per heavy atom. The molecule has 0 bridgehead atoms. The summed E-state index contributed by atoms with van der Waals surface area (Å²) in [6.07, 6.45) is 4.17. The predicted molar refractivity (Wildman–Crippen MR) is 156 cm³/mol. The van der Waals surface area contributed by atoms with Crippen molar-refractivity contribution in [3.05, 3.63) is 40.7 Å². The SMILES string of the molecule is CCOCCOCCOCCOCCOc1ccc(CCCCCC(=N)CC(=O)c2nc(Cl)c(N)nc2N)cc1. The van der Waals surface area contributed by atoms with Crippen LogP contribution < -0.4 is 16.2 Å². The largest absolute Gasteiger partial charge is 0.491 e. The van der Waals surface area contributed by atoms with Gasteiger partial charge in [0.05, 0.1) is 52.7 Å². The van der Waals surface area contributed by atoms with Gasteiger partial charge in [-0.25, -0.2) is 9.97 Å². The van der Waals surface area contributed by atoms with Crippen molar-refractivity contribution in [1.29, 1.82) is 5.41 Å². The summed E-state index contributed by atoms with van der Waals surface area (Å²) < 4.78 is 27.3. The molecule has 0 atom stereocenters. The molecule has 0 aliphatic heterocycles. The molecule has 5 N–H and O–H groups in total. The summed E-state index contributed by atoms with van der Waals surface area (Å²) in [7, 11) is 0. The second-order valence-corrected chi connectivity index (χ2v) is 9.28. The summed E-state index contributed by atoms with van der Waals surface area (Å²) in [5.41, 5.74) is 12.8. The second-order valence-electron chi connectivity index (χ2n) is 8.92. The first-order chi connectivity index (χ1) is 19.4. The molecule has 0 aliphatic rings. The molecule has 1 aromatic heterocycles. The van der Waals surface area contributed by atoms with Crippen LogP contribution in [-0.2, 0) is 25.4 Å². The third-order valence-corrected chi connectivity index (χ3v) is 6.00. The summed E-state index contributed by atoms with van der Waals surface area (Å²) in [6.45, 7) is 6.93. The van der Waals surface area contributed by atoms with Crippen molar-refractivity contribution in [1.82, 2.24) is 9.97 Å². The Labute approximate surface area is 241 Å². The van der Waals surface area contributed by atoms with Gasteiger partial charge >= 0.3 is 0 Å². The van der Waals surface area contributed by atoms with E-state index in [0.29, 0.717) is 71.6 Å². The molecular weight excluding hydrogens is 538 g/mol.